The summed E-state index contributed by atoms with van der Waals surface area (Å²) in [5.74, 6) is 0. The standard InChI is InChI=1S/C26H51NO2/c1-3-5-7-9-10-11-12-13-14-15-16-17-18-19-20-22-24-29-26(25-27)28-23-21-8-6-4-2/h10-11,13-14,26H,3-9,12,15-25,27H2,1-2H3. The Hall–Kier alpha value is -0.640. The topological polar surface area (TPSA) is 44.5 Å². The average molecular weight is 410 g/mol. The van der Waals surface area contributed by atoms with Crippen molar-refractivity contribution >= 4 is 0 Å². The van der Waals surface area contributed by atoms with Crippen molar-refractivity contribution < 1.29 is 9.47 Å². The molecule has 0 heterocycles. The summed E-state index contributed by atoms with van der Waals surface area (Å²) in [6.07, 6.45) is 29.2. The van der Waals surface area contributed by atoms with Gasteiger partial charge in [0, 0.05) is 19.8 Å². The van der Waals surface area contributed by atoms with E-state index in [2.05, 4.69) is 38.2 Å². The molecule has 3 nitrogen and oxygen atoms in total. The molecule has 0 fully saturated rings. The Kier molecular flexibility index (Phi) is 24.8. The summed E-state index contributed by atoms with van der Waals surface area (Å²) in [6.45, 7) is 6.47. The summed E-state index contributed by atoms with van der Waals surface area (Å²) < 4.78 is 11.5. The van der Waals surface area contributed by atoms with Crippen LogP contribution in [0.5, 0.6) is 0 Å². The maximum absolute atomic E-state index is 5.76. The minimum Gasteiger partial charge on any atom is -0.351 e. The van der Waals surface area contributed by atoms with Crippen LogP contribution in [0.25, 0.3) is 0 Å². The van der Waals surface area contributed by atoms with Crippen molar-refractivity contribution in [1.82, 2.24) is 0 Å². The number of ether oxygens (including phenoxy) is 2. The van der Waals surface area contributed by atoms with Crippen LogP contribution in [0.4, 0.5) is 0 Å². The van der Waals surface area contributed by atoms with E-state index in [4.69, 9.17) is 15.2 Å². The molecule has 0 bridgehead atoms. The van der Waals surface area contributed by atoms with Crippen LogP contribution in [-0.2, 0) is 9.47 Å². The molecule has 0 spiro atoms. The monoisotopic (exact) mass is 409 g/mol. The lowest BCUT2D eigenvalue weighted by atomic mass is 10.1. The van der Waals surface area contributed by atoms with E-state index in [9.17, 15) is 0 Å². The highest BCUT2D eigenvalue weighted by atomic mass is 16.7. The Labute approximate surface area is 182 Å². The maximum atomic E-state index is 5.76. The third-order valence-electron chi connectivity index (χ3n) is 5.14. The highest BCUT2D eigenvalue weighted by Gasteiger charge is 2.06. The average Bonchev–Trinajstić information content (AvgIpc) is 2.74. The highest BCUT2D eigenvalue weighted by molar-refractivity contribution is 4.92. The molecule has 0 radical (unpaired) electrons. The fourth-order valence-corrected chi connectivity index (χ4v) is 3.23. The molecule has 0 aliphatic rings. The van der Waals surface area contributed by atoms with Crippen molar-refractivity contribution in [3.63, 3.8) is 0 Å². The minimum atomic E-state index is -0.213. The Morgan fingerprint density at radius 1 is 0.586 bits per heavy atom. The molecule has 0 aromatic heterocycles. The molecule has 0 saturated heterocycles. The Morgan fingerprint density at radius 2 is 1.03 bits per heavy atom. The number of hydrogen-bond acceptors (Lipinski definition) is 3. The predicted molar refractivity (Wildman–Crippen MR) is 128 cm³/mol. The normalized spacial score (nSPS) is 13.1. The third kappa shape index (κ3) is 23.5. The molecule has 1 unspecified atom stereocenters. The van der Waals surface area contributed by atoms with Gasteiger partial charge in [-0.3, -0.25) is 0 Å². The van der Waals surface area contributed by atoms with Crippen LogP contribution in [0.1, 0.15) is 117 Å². The van der Waals surface area contributed by atoms with E-state index in [-0.39, 0.29) is 6.29 Å². The third-order valence-corrected chi connectivity index (χ3v) is 5.14. The summed E-state index contributed by atoms with van der Waals surface area (Å²) in [7, 11) is 0. The van der Waals surface area contributed by atoms with Gasteiger partial charge < -0.3 is 15.2 Å². The van der Waals surface area contributed by atoms with E-state index in [0.29, 0.717) is 6.54 Å². The molecule has 0 aliphatic heterocycles. The largest absolute Gasteiger partial charge is 0.351 e. The second-order valence-corrected chi connectivity index (χ2v) is 8.05. The van der Waals surface area contributed by atoms with Gasteiger partial charge in [0.05, 0.1) is 0 Å². The summed E-state index contributed by atoms with van der Waals surface area (Å²) in [5, 5.41) is 0. The van der Waals surface area contributed by atoms with Crippen LogP contribution < -0.4 is 5.73 Å². The Morgan fingerprint density at radius 3 is 1.59 bits per heavy atom. The fraction of sp³-hybridized carbons (Fsp3) is 0.846. The molecular weight excluding hydrogens is 358 g/mol. The molecule has 0 saturated carbocycles. The highest BCUT2D eigenvalue weighted by Crippen LogP contribution is 2.09. The van der Waals surface area contributed by atoms with Crippen LogP contribution in [0, 0.1) is 0 Å². The van der Waals surface area contributed by atoms with Crippen molar-refractivity contribution in [2.45, 2.75) is 123 Å². The molecule has 172 valence electrons. The van der Waals surface area contributed by atoms with Crippen molar-refractivity contribution in [3.8, 4) is 0 Å². The predicted octanol–water partition coefficient (Wildman–Crippen LogP) is 7.70. The number of hydrogen-bond donors (Lipinski definition) is 1. The number of rotatable bonds is 23. The zero-order chi connectivity index (χ0) is 21.3. The minimum absolute atomic E-state index is 0.213. The quantitative estimate of drug-likeness (QED) is 0.107. The summed E-state index contributed by atoms with van der Waals surface area (Å²) in [6, 6.07) is 0. The van der Waals surface area contributed by atoms with Crippen LogP contribution in [0.15, 0.2) is 24.3 Å². The summed E-state index contributed by atoms with van der Waals surface area (Å²) >= 11 is 0. The number of nitrogens with two attached hydrogens (primary N) is 1. The smallest absolute Gasteiger partial charge is 0.169 e. The molecule has 0 amide bonds. The Bertz CT molecular complexity index is 355. The van der Waals surface area contributed by atoms with Crippen LogP contribution >= 0.6 is 0 Å². The lowest BCUT2D eigenvalue weighted by Crippen LogP contribution is -2.27. The van der Waals surface area contributed by atoms with Gasteiger partial charge in [-0.1, -0.05) is 95.9 Å². The molecule has 2 N–H and O–H groups in total. The van der Waals surface area contributed by atoms with Gasteiger partial charge in [0.1, 0.15) is 0 Å². The zero-order valence-corrected chi connectivity index (χ0v) is 19.7. The van der Waals surface area contributed by atoms with Crippen molar-refractivity contribution in [2.24, 2.45) is 5.73 Å². The number of unbranched alkanes of at least 4 members (excludes halogenated alkanes) is 12. The first-order valence-electron chi connectivity index (χ1n) is 12.6. The van der Waals surface area contributed by atoms with Crippen LogP contribution in [-0.4, -0.2) is 26.0 Å². The van der Waals surface area contributed by atoms with Gasteiger partial charge in [-0.15, -0.1) is 0 Å². The van der Waals surface area contributed by atoms with Crippen LogP contribution in [0.3, 0.4) is 0 Å². The molecule has 0 rings (SSSR count). The second-order valence-electron chi connectivity index (χ2n) is 8.05. The van der Waals surface area contributed by atoms with Gasteiger partial charge in [0.25, 0.3) is 0 Å². The van der Waals surface area contributed by atoms with Gasteiger partial charge >= 0.3 is 0 Å². The molecular formula is C26H51NO2. The van der Waals surface area contributed by atoms with Gasteiger partial charge in [-0.05, 0) is 44.9 Å². The first kappa shape index (κ1) is 28.4. The first-order chi connectivity index (χ1) is 14.3. The Balaban J connectivity index is 3.32. The van der Waals surface area contributed by atoms with Gasteiger partial charge in [0.15, 0.2) is 6.29 Å². The fourth-order valence-electron chi connectivity index (χ4n) is 3.23. The molecule has 0 aliphatic carbocycles. The van der Waals surface area contributed by atoms with E-state index >= 15 is 0 Å². The van der Waals surface area contributed by atoms with E-state index in [1.807, 2.05) is 0 Å². The van der Waals surface area contributed by atoms with E-state index in [0.717, 1.165) is 32.5 Å². The molecule has 3 heteroatoms. The number of allylic oxidation sites excluding steroid dienone is 4. The van der Waals surface area contributed by atoms with Crippen molar-refractivity contribution in [3.05, 3.63) is 24.3 Å². The second kappa shape index (κ2) is 25.4. The summed E-state index contributed by atoms with van der Waals surface area (Å²) in [4.78, 5) is 0. The van der Waals surface area contributed by atoms with Crippen molar-refractivity contribution in [1.29, 1.82) is 0 Å². The van der Waals surface area contributed by atoms with Crippen molar-refractivity contribution in [2.75, 3.05) is 19.8 Å². The maximum Gasteiger partial charge on any atom is 0.169 e. The zero-order valence-electron chi connectivity index (χ0n) is 19.7. The summed E-state index contributed by atoms with van der Waals surface area (Å²) in [5.41, 5.74) is 5.73. The molecule has 1 atom stereocenters. The lowest BCUT2D eigenvalue weighted by molar-refractivity contribution is -0.137. The first-order valence-corrected chi connectivity index (χ1v) is 12.6. The lowest BCUT2D eigenvalue weighted by Gasteiger charge is -2.16. The van der Waals surface area contributed by atoms with Crippen LogP contribution in [0.2, 0.25) is 0 Å². The van der Waals surface area contributed by atoms with Gasteiger partial charge in [0.2, 0.25) is 0 Å². The van der Waals surface area contributed by atoms with E-state index in [1.54, 1.807) is 0 Å². The van der Waals surface area contributed by atoms with Gasteiger partial charge in [-0.25, -0.2) is 0 Å². The molecule has 0 aromatic carbocycles. The SMILES string of the molecule is CCCCCC=CCC=CCCCCCCCCOC(CN)OCCCCCC. The van der Waals surface area contributed by atoms with E-state index in [1.165, 1.54) is 83.5 Å². The molecule has 29 heavy (non-hydrogen) atoms. The molecule has 0 aromatic rings. The van der Waals surface area contributed by atoms with Gasteiger partial charge in [-0.2, -0.15) is 0 Å². The van der Waals surface area contributed by atoms with E-state index < -0.39 is 0 Å².